The van der Waals surface area contributed by atoms with E-state index < -0.39 is 0 Å². The molecule has 1 fully saturated rings. The van der Waals surface area contributed by atoms with Crippen LogP contribution in [0.4, 0.5) is 5.69 Å². The molecular formula is C16H19N3O. The molecule has 2 atom stereocenters. The Hall–Kier alpha value is -1.94. The zero-order valence-electron chi connectivity index (χ0n) is 11.6. The summed E-state index contributed by atoms with van der Waals surface area (Å²) in [7, 11) is 0. The minimum Gasteiger partial charge on any atom is -0.381 e. The zero-order chi connectivity index (χ0) is 13.8. The summed E-state index contributed by atoms with van der Waals surface area (Å²) in [5, 5.41) is 3.46. The van der Waals surface area contributed by atoms with Crippen molar-refractivity contribution >= 4 is 5.69 Å². The molecule has 4 nitrogen and oxygen atoms in total. The van der Waals surface area contributed by atoms with Gasteiger partial charge in [0.25, 0.3) is 0 Å². The van der Waals surface area contributed by atoms with E-state index in [1.807, 2.05) is 42.7 Å². The molecule has 1 saturated heterocycles. The minimum atomic E-state index is 0.378. The minimum absolute atomic E-state index is 0.378. The summed E-state index contributed by atoms with van der Waals surface area (Å²) in [4.78, 5) is 8.85. The molecule has 0 spiro atoms. The number of ether oxygens (including phenoxy) is 1. The second kappa shape index (κ2) is 6.01. The highest BCUT2D eigenvalue weighted by Crippen LogP contribution is 2.20. The van der Waals surface area contributed by atoms with Crippen molar-refractivity contribution in [1.82, 2.24) is 9.97 Å². The number of benzene rings is 1. The van der Waals surface area contributed by atoms with E-state index in [1.54, 1.807) is 0 Å². The molecule has 2 heterocycles. The van der Waals surface area contributed by atoms with Crippen LogP contribution in [0.3, 0.4) is 0 Å². The van der Waals surface area contributed by atoms with Gasteiger partial charge >= 0.3 is 0 Å². The fourth-order valence-corrected chi connectivity index (χ4v) is 2.47. The van der Waals surface area contributed by atoms with Crippen molar-refractivity contribution in [3.8, 4) is 11.4 Å². The van der Waals surface area contributed by atoms with Gasteiger partial charge in [0, 0.05) is 24.1 Å². The average Bonchev–Trinajstić information content (AvgIpc) is 3.03. The highest BCUT2D eigenvalue weighted by atomic mass is 16.5. The van der Waals surface area contributed by atoms with Gasteiger partial charge in [-0.2, -0.15) is 0 Å². The van der Waals surface area contributed by atoms with E-state index in [-0.39, 0.29) is 0 Å². The largest absolute Gasteiger partial charge is 0.381 e. The number of anilines is 1. The van der Waals surface area contributed by atoms with E-state index in [9.17, 15) is 0 Å². The number of hydrogen-bond acceptors (Lipinski definition) is 4. The molecule has 0 saturated carbocycles. The third kappa shape index (κ3) is 2.96. The third-order valence-electron chi connectivity index (χ3n) is 3.75. The molecule has 104 valence electrons. The summed E-state index contributed by atoms with van der Waals surface area (Å²) in [6, 6.07) is 10.4. The maximum absolute atomic E-state index is 5.42. The van der Waals surface area contributed by atoms with Crippen LogP contribution in [-0.2, 0) is 4.74 Å². The van der Waals surface area contributed by atoms with Crippen LogP contribution in [0.2, 0.25) is 0 Å². The third-order valence-corrected chi connectivity index (χ3v) is 3.75. The summed E-state index contributed by atoms with van der Waals surface area (Å²) in [6.45, 7) is 3.90. The number of nitrogens with zero attached hydrogens (tertiary/aromatic N) is 2. The van der Waals surface area contributed by atoms with E-state index in [4.69, 9.17) is 4.74 Å². The molecule has 1 aromatic heterocycles. The van der Waals surface area contributed by atoms with Gasteiger partial charge in [0.15, 0.2) is 5.82 Å². The quantitative estimate of drug-likeness (QED) is 0.927. The fourth-order valence-electron chi connectivity index (χ4n) is 2.47. The molecule has 2 aromatic rings. The van der Waals surface area contributed by atoms with Crippen molar-refractivity contribution in [1.29, 1.82) is 0 Å². The molecule has 3 rings (SSSR count). The fraction of sp³-hybridized carbons (Fsp3) is 0.375. The molecule has 1 aliphatic heterocycles. The molecule has 0 aliphatic carbocycles. The second-order valence-corrected chi connectivity index (χ2v) is 5.22. The topological polar surface area (TPSA) is 47.0 Å². The molecule has 1 aromatic carbocycles. The highest BCUT2D eigenvalue weighted by molar-refractivity contribution is 5.55. The molecule has 0 amide bonds. The molecule has 2 unspecified atom stereocenters. The zero-order valence-corrected chi connectivity index (χ0v) is 11.6. The summed E-state index contributed by atoms with van der Waals surface area (Å²) >= 11 is 0. The normalized spacial score (nSPS) is 19.8. The van der Waals surface area contributed by atoms with Crippen LogP contribution in [0.5, 0.6) is 0 Å². The maximum atomic E-state index is 5.42. The van der Waals surface area contributed by atoms with Crippen LogP contribution in [0.1, 0.15) is 13.3 Å². The van der Waals surface area contributed by atoms with Crippen molar-refractivity contribution in [3.05, 3.63) is 42.7 Å². The molecular weight excluding hydrogens is 250 g/mol. The van der Waals surface area contributed by atoms with E-state index in [0.717, 1.165) is 36.7 Å². The van der Waals surface area contributed by atoms with Gasteiger partial charge in [-0.15, -0.1) is 0 Å². The molecule has 0 radical (unpaired) electrons. The summed E-state index contributed by atoms with van der Waals surface area (Å²) in [5.41, 5.74) is 2.00. The predicted octanol–water partition coefficient (Wildman–Crippen LogP) is 2.98. The van der Waals surface area contributed by atoms with Gasteiger partial charge < -0.3 is 10.1 Å². The molecule has 1 aliphatic rings. The van der Waals surface area contributed by atoms with Crippen molar-refractivity contribution in [3.63, 3.8) is 0 Å². The predicted molar refractivity (Wildman–Crippen MR) is 79.5 cm³/mol. The first-order valence-corrected chi connectivity index (χ1v) is 7.04. The van der Waals surface area contributed by atoms with Crippen molar-refractivity contribution < 1.29 is 4.74 Å². The molecule has 4 heteroatoms. The smallest absolute Gasteiger partial charge is 0.159 e. The molecule has 1 N–H and O–H groups in total. The Kier molecular flexibility index (Phi) is 3.92. The lowest BCUT2D eigenvalue weighted by atomic mass is 10.0. The Morgan fingerprint density at radius 2 is 1.95 bits per heavy atom. The van der Waals surface area contributed by atoms with Gasteiger partial charge in [-0.25, -0.2) is 9.97 Å². The Labute approximate surface area is 119 Å². The first-order valence-electron chi connectivity index (χ1n) is 7.04. The number of rotatable bonds is 4. The van der Waals surface area contributed by atoms with E-state index in [1.165, 1.54) is 0 Å². The number of hydrogen-bond donors (Lipinski definition) is 1. The van der Waals surface area contributed by atoms with E-state index >= 15 is 0 Å². The van der Waals surface area contributed by atoms with Crippen LogP contribution < -0.4 is 5.32 Å². The maximum Gasteiger partial charge on any atom is 0.159 e. The number of nitrogens with one attached hydrogen (secondary N) is 1. The first-order chi connectivity index (χ1) is 9.83. The molecule has 20 heavy (non-hydrogen) atoms. The average molecular weight is 269 g/mol. The highest BCUT2D eigenvalue weighted by Gasteiger charge is 2.22. The van der Waals surface area contributed by atoms with E-state index in [2.05, 4.69) is 22.2 Å². The lowest BCUT2D eigenvalue weighted by molar-refractivity contribution is 0.183. The van der Waals surface area contributed by atoms with Gasteiger partial charge in [-0.05, 0) is 13.3 Å². The summed E-state index contributed by atoms with van der Waals surface area (Å²) in [5.74, 6) is 1.33. The van der Waals surface area contributed by atoms with Gasteiger partial charge in [-0.3, -0.25) is 0 Å². The molecule has 0 bridgehead atoms. The summed E-state index contributed by atoms with van der Waals surface area (Å²) < 4.78 is 5.42. The SMILES string of the molecule is CC(Nc1cnc(-c2ccccc2)nc1)C1CCOC1. The standard InChI is InChI=1S/C16H19N3O/c1-12(14-7-8-20-11-14)19-15-9-17-16(18-10-15)13-5-3-2-4-6-13/h2-6,9-10,12,14,19H,7-8,11H2,1H3. The first kappa shape index (κ1) is 13.1. The lowest BCUT2D eigenvalue weighted by Gasteiger charge is -2.20. The van der Waals surface area contributed by atoms with Crippen LogP contribution in [0, 0.1) is 5.92 Å². The van der Waals surface area contributed by atoms with E-state index in [0.29, 0.717) is 12.0 Å². The second-order valence-electron chi connectivity index (χ2n) is 5.22. The summed E-state index contributed by atoms with van der Waals surface area (Å²) in [6.07, 6.45) is 4.82. The van der Waals surface area contributed by atoms with Gasteiger partial charge in [0.05, 0.1) is 24.7 Å². The number of aromatic nitrogens is 2. The Morgan fingerprint density at radius 3 is 2.60 bits per heavy atom. The Morgan fingerprint density at radius 1 is 1.20 bits per heavy atom. The van der Waals surface area contributed by atoms with Gasteiger partial charge in [0.1, 0.15) is 0 Å². The van der Waals surface area contributed by atoms with Crippen LogP contribution in [0.25, 0.3) is 11.4 Å². The van der Waals surface area contributed by atoms with Gasteiger partial charge in [0.2, 0.25) is 0 Å². The Bertz CT molecular complexity index is 535. The Balaban J connectivity index is 1.67. The van der Waals surface area contributed by atoms with Crippen LogP contribution in [0.15, 0.2) is 42.7 Å². The van der Waals surface area contributed by atoms with Crippen molar-refractivity contribution in [2.24, 2.45) is 5.92 Å². The van der Waals surface area contributed by atoms with Crippen LogP contribution >= 0.6 is 0 Å². The van der Waals surface area contributed by atoms with Crippen molar-refractivity contribution in [2.45, 2.75) is 19.4 Å². The monoisotopic (exact) mass is 269 g/mol. The lowest BCUT2D eigenvalue weighted by Crippen LogP contribution is -2.26. The van der Waals surface area contributed by atoms with Gasteiger partial charge in [-0.1, -0.05) is 30.3 Å². The van der Waals surface area contributed by atoms with Crippen LogP contribution in [-0.4, -0.2) is 29.2 Å². The van der Waals surface area contributed by atoms with Crippen molar-refractivity contribution in [2.75, 3.05) is 18.5 Å².